The van der Waals surface area contributed by atoms with E-state index < -0.39 is 0 Å². The highest BCUT2D eigenvalue weighted by atomic mass is 16.5. The highest BCUT2D eigenvalue weighted by Gasteiger charge is 2.06. The van der Waals surface area contributed by atoms with Crippen LogP contribution in [-0.4, -0.2) is 19.7 Å². The second-order valence-corrected chi connectivity index (χ2v) is 5.39. The molecule has 2 aromatic rings. The van der Waals surface area contributed by atoms with E-state index >= 15 is 0 Å². The van der Waals surface area contributed by atoms with Crippen molar-refractivity contribution < 1.29 is 14.3 Å². The maximum Gasteiger partial charge on any atom is 0.319 e. The van der Waals surface area contributed by atoms with Crippen LogP contribution in [0.5, 0.6) is 11.5 Å². The van der Waals surface area contributed by atoms with E-state index in [1.54, 1.807) is 19.2 Å². The van der Waals surface area contributed by atoms with Gasteiger partial charge in [0.05, 0.1) is 7.11 Å². The third kappa shape index (κ3) is 5.35. The summed E-state index contributed by atoms with van der Waals surface area (Å²) < 4.78 is 10.8. The minimum Gasteiger partial charge on any atom is -0.496 e. The first kappa shape index (κ1) is 17.4. The van der Waals surface area contributed by atoms with Crippen LogP contribution in [0, 0.1) is 0 Å². The molecule has 0 radical (unpaired) electrons. The number of para-hydroxylation sites is 1. The molecule has 0 aliphatic rings. The Morgan fingerprint density at radius 2 is 1.96 bits per heavy atom. The Balaban J connectivity index is 1.90. The number of anilines is 1. The minimum absolute atomic E-state index is 0.294. The summed E-state index contributed by atoms with van der Waals surface area (Å²) >= 11 is 0. The van der Waals surface area contributed by atoms with Crippen LogP contribution in [0.2, 0.25) is 0 Å². The summed E-state index contributed by atoms with van der Waals surface area (Å²) in [5, 5.41) is 5.59. The van der Waals surface area contributed by atoms with Crippen molar-refractivity contribution in [3.8, 4) is 11.5 Å². The Kier molecular flexibility index (Phi) is 6.25. The zero-order valence-corrected chi connectivity index (χ0v) is 14.0. The van der Waals surface area contributed by atoms with Crippen molar-refractivity contribution in [3.63, 3.8) is 0 Å². The van der Waals surface area contributed by atoms with E-state index in [9.17, 15) is 4.79 Å². The maximum atomic E-state index is 12.0. The average molecular weight is 326 g/mol. The number of ether oxygens (including phenoxy) is 2. The van der Waals surface area contributed by atoms with Crippen molar-refractivity contribution in [2.75, 3.05) is 19.0 Å². The van der Waals surface area contributed by atoms with Crippen LogP contribution in [0.15, 0.2) is 60.7 Å². The summed E-state index contributed by atoms with van der Waals surface area (Å²) in [5.41, 5.74) is 2.50. The normalized spacial score (nSPS) is 9.92. The molecule has 0 aliphatic heterocycles. The molecule has 0 saturated carbocycles. The first-order valence-corrected chi connectivity index (χ1v) is 7.62. The van der Waals surface area contributed by atoms with E-state index in [-0.39, 0.29) is 6.03 Å². The van der Waals surface area contributed by atoms with E-state index in [0.717, 1.165) is 16.9 Å². The quantitative estimate of drug-likeness (QED) is 0.757. The molecule has 126 valence electrons. The van der Waals surface area contributed by atoms with Gasteiger partial charge in [-0.2, -0.15) is 0 Å². The molecule has 0 unspecified atom stereocenters. The first-order valence-electron chi connectivity index (χ1n) is 7.62. The van der Waals surface area contributed by atoms with E-state index in [4.69, 9.17) is 9.47 Å². The molecule has 0 saturated heterocycles. The number of urea groups is 1. The minimum atomic E-state index is -0.294. The number of amides is 2. The van der Waals surface area contributed by atoms with Crippen molar-refractivity contribution in [1.29, 1.82) is 0 Å². The summed E-state index contributed by atoms with van der Waals surface area (Å²) in [4.78, 5) is 12.0. The van der Waals surface area contributed by atoms with Gasteiger partial charge in [-0.1, -0.05) is 30.8 Å². The molecule has 0 bridgehead atoms. The third-order valence-electron chi connectivity index (χ3n) is 3.21. The van der Waals surface area contributed by atoms with Crippen LogP contribution < -0.4 is 20.1 Å². The van der Waals surface area contributed by atoms with Crippen molar-refractivity contribution in [1.82, 2.24) is 5.32 Å². The molecule has 0 atom stereocenters. The predicted molar refractivity (Wildman–Crippen MR) is 95.6 cm³/mol. The van der Waals surface area contributed by atoms with Gasteiger partial charge in [-0.25, -0.2) is 4.79 Å². The monoisotopic (exact) mass is 326 g/mol. The smallest absolute Gasteiger partial charge is 0.319 e. The number of nitrogens with one attached hydrogen (secondary N) is 2. The zero-order valence-electron chi connectivity index (χ0n) is 14.0. The van der Waals surface area contributed by atoms with Crippen LogP contribution >= 0.6 is 0 Å². The highest BCUT2D eigenvalue weighted by molar-refractivity contribution is 5.89. The van der Waals surface area contributed by atoms with Gasteiger partial charge in [-0.05, 0) is 30.7 Å². The number of carbonyl (C=O) groups is 1. The molecule has 0 spiro atoms. The molecule has 2 N–H and O–H groups in total. The lowest BCUT2D eigenvalue weighted by Gasteiger charge is -2.11. The molecule has 0 aromatic heterocycles. The van der Waals surface area contributed by atoms with Crippen molar-refractivity contribution in [2.45, 2.75) is 13.5 Å². The fraction of sp³-hybridized carbons (Fsp3) is 0.211. The van der Waals surface area contributed by atoms with Gasteiger partial charge in [0.25, 0.3) is 0 Å². The lowest BCUT2D eigenvalue weighted by Crippen LogP contribution is -2.28. The van der Waals surface area contributed by atoms with E-state index in [1.165, 1.54) is 0 Å². The number of carbonyl (C=O) groups excluding carboxylic acids is 1. The largest absolute Gasteiger partial charge is 0.496 e. The number of hydrogen-bond donors (Lipinski definition) is 2. The third-order valence-corrected chi connectivity index (χ3v) is 3.21. The maximum absolute atomic E-state index is 12.0. The van der Waals surface area contributed by atoms with E-state index in [0.29, 0.717) is 24.6 Å². The average Bonchev–Trinajstić information content (AvgIpc) is 2.58. The topological polar surface area (TPSA) is 59.6 Å². The van der Waals surface area contributed by atoms with Gasteiger partial charge < -0.3 is 20.1 Å². The lowest BCUT2D eigenvalue weighted by atomic mass is 10.2. The fourth-order valence-electron chi connectivity index (χ4n) is 2.07. The van der Waals surface area contributed by atoms with Crippen molar-refractivity contribution >= 4 is 11.7 Å². The molecular weight excluding hydrogens is 304 g/mol. The summed E-state index contributed by atoms with van der Waals surface area (Å²) in [7, 11) is 1.61. The van der Waals surface area contributed by atoms with Crippen LogP contribution in [0.1, 0.15) is 12.5 Å². The standard InChI is InChI=1S/C19H22N2O3/c1-14(2)13-24-17-9-6-8-16(11-17)21-19(22)20-12-15-7-4-5-10-18(15)23-3/h4-11H,1,12-13H2,2-3H3,(H2,20,21,22). The van der Waals surface area contributed by atoms with Crippen molar-refractivity contribution in [2.24, 2.45) is 0 Å². The second kappa shape index (κ2) is 8.62. The van der Waals surface area contributed by atoms with Gasteiger partial charge in [0.1, 0.15) is 18.1 Å². The first-order chi connectivity index (χ1) is 11.6. The Morgan fingerprint density at radius 1 is 1.17 bits per heavy atom. The lowest BCUT2D eigenvalue weighted by molar-refractivity contribution is 0.251. The summed E-state index contributed by atoms with van der Waals surface area (Å²) in [6, 6.07) is 14.5. The molecule has 5 heteroatoms. The Hall–Kier alpha value is -2.95. The molecule has 5 nitrogen and oxygen atoms in total. The fourth-order valence-corrected chi connectivity index (χ4v) is 2.07. The van der Waals surface area contributed by atoms with Crippen LogP contribution in [-0.2, 0) is 6.54 Å². The van der Waals surface area contributed by atoms with Gasteiger partial charge in [0, 0.05) is 23.9 Å². The SMILES string of the molecule is C=C(C)COc1cccc(NC(=O)NCc2ccccc2OC)c1. The van der Waals surface area contributed by atoms with Crippen molar-refractivity contribution in [3.05, 3.63) is 66.2 Å². The molecule has 24 heavy (non-hydrogen) atoms. The highest BCUT2D eigenvalue weighted by Crippen LogP contribution is 2.19. The molecule has 0 fully saturated rings. The molecular formula is C19H22N2O3. The summed E-state index contributed by atoms with van der Waals surface area (Å²) in [5.74, 6) is 1.42. The van der Waals surface area contributed by atoms with E-state index in [1.807, 2.05) is 43.3 Å². The number of methoxy groups -OCH3 is 1. The summed E-state index contributed by atoms with van der Waals surface area (Å²) in [6.07, 6.45) is 0. The summed E-state index contributed by atoms with van der Waals surface area (Å²) in [6.45, 7) is 6.51. The van der Waals surface area contributed by atoms with Gasteiger partial charge in [-0.3, -0.25) is 0 Å². The van der Waals surface area contributed by atoms with Crippen LogP contribution in [0.4, 0.5) is 10.5 Å². The second-order valence-electron chi connectivity index (χ2n) is 5.39. The van der Waals surface area contributed by atoms with Gasteiger partial charge in [0.2, 0.25) is 0 Å². The van der Waals surface area contributed by atoms with Gasteiger partial charge in [0.15, 0.2) is 0 Å². The van der Waals surface area contributed by atoms with Gasteiger partial charge in [-0.15, -0.1) is 0 Å². The Labute approximate surface area is 142 Å². The van der Waals surface area contributed by atoms with E-state index in [2.05, 4.69) is 17.2 Å². The zero-order chi connectivity index (χ0) is 17.4. The number of benzene rings is 2. The predicted octanol–water partition coefficient (Wildman–Crippen LogP) is 3.97. The number of rotatable bonds is 7. The molecule has 0 heterocycles. The van der Waals surface area contributed by atoms with Crippen LogP contribution in [0.3, 0.4) is 0 Å². The molecule has 2 aromatic carbocycles. The Bertz CT molecular complexity index is 713. The molecule has 2 amide bonds. The molecule has 0 aliphatic carbocycles. The molecule has 2 rings (SSSR count). The van der Waals surface area contributed by atoms with Gasteiger partial charge >= 0.3 is 6.03 Å². The number of hydrogen-bond acceptors (Lipinski definition) is 3. The van der Waals surface area contributed by atoms with Crippen LogP contribution in [0.25, 0.3) is 0 Å². The Morgan fingerprint density at radius 3 is 2.71 bits per heavy atom.